The van der Waals surface area contributed by atoms with Crippen LogP contribution < -0.4 is 4.57 Å². The normalized spacial score (nSPS) is 11.4. The molecule has 0 fully saturated rings. The fraction of sp³-hybridized carbons (Fsp3) is 0.100. The average molecular weight is 251 g/mol. The molecule has 2 heterocycles. The van der Waals surface area contributed by atoms with Gasteiger partial charge in [0.25, 0.3) is 0 Å². The first-order valence-corrected chi connectivity index (χ1v) is 6.31. The molecular formula is C10H9N3O3S. The largest absolute Gasteiger partial charge is 0.743 e. The molecule has 2 rings (SSSR count). The Morgan fingerprint density at radius 3 is 2.47 bits per heavy atom. The number of hydrogen-bond acceptors (Lipinski definition) is 5. The highest BCUT2D eigenvalue weighted by atomic mass is 32.2. The smallest absolute Gasteiger partial charge is 0.236 e. The molecular weight excluding hydrogens is 242 g/mol. The minimum Gasteiger partial charge on any atom is -0.743 e. The molecule has 0 aromatic carbocycles. The Hall–Kier alpha value is -1.86. The number of hydrogen-bond donors (Lipinski definition) is 0. The van der Waals surface area contributed by atoms with Gasteiger partial charge < -0.3 is 4.55 Å². The van der Waals surface area contributed by atoms with Gasteiger partial charge >= 0.3 is 0 Å². The number of aromatic nitrogens is 3. The van der Waals surface area contributed by atoms with Crippen LogP contribution in [-0.2, 0) is 16.0 Å². The third kappa shape index (κ3) is 3.30. The highest BCUT2D eigenvalue weighted by Gasteiger charge is 2.06. The van der Waals surface area contributed by atoms with Gasteiger partial charge in [0.1, 0.15) is 6.33 Å². The van der Waals surface area contributed by atoms with Gasteiger partial charge in [-0.15, -0.1) is 0 Å². The molecule has 0 bridgehead atoms. The first-order valence-electron chi connectivity index (χ1n) is 4.74. The van der Waals surface area contributed by atoms with Crippen molar-refractivity contribution in [2.75, 3.05) is 0 Å². The summed E-state index contributed by atoms with van der Waals surface area (Å²) in [5.41, 5.74) is 1.56. The molecule has 0 spiro atoms. The zero-order valence-electron chi connectivity index (χ0n) is 8.72. The standard InChI is InChI=1S/C10H9N3O3S/c14-17(15,16)8-13-5-2-9(3-6-13)10-1-4-11-7-12-10/h1-7H,8H2. The zero-order valence-corrected chi connectivity index (χ0v) is 9.54. The summed E-state index contributed by atoms with van der Waals surface area (Å²) in [5, 5.41) is 0. The van der Waals surface area contributed by atoms with Crippen molar-refractivity contribution in [1.29, 1.82) is 0 Å². The summed E-state index contributed by atoms with van der Waals surface area (Å²) in [6.07, 6.45) is 6.09. The molecule has 0 aliphatic carbocycles. The van der Waals surface area contributed by atoms with Crippen molar-refractivity contribution in [3.05, 3.63) is 43.1 Å². The molecule has 0 aliphatic rings. The van der Waals surface area contributed by atoms with E-state index in [0.717, 1.165) is 11.3 Å². The second kappa shape index (κ2) is 4.56. The van der Waals surface area contributed by atoms with Gasteiger partial charge in [-0.05, 0) is 6.07 Å². The molecule has 0 atom stereocenters. The molecule has 0 aliphatic heterocycles. The van der Waals surface area contributed by atoms with Crippen LogP contribution >= 0.6 is 0 Å². The molecule has 0 unspecified atom stereocenters. The van der Waals surface area contributed by atoms with E-state index in [4.69, 9.17) is 0 Å². The number of nitrogens with zero attached hydrogens (tertiary/aromatic N) is 3. The Morgan fingerprint density at radius 1 is 1.24 bits per heavy atom. The van der Waals surface area contributed by atoms with Crippen molar-refractivity contribution < 1.29 is 17.5 Å². The molecule has 17 heavy (non-hydrogen) atoms. The number of rotatable bonds is 3. The summed E-state index contributed by atoms with van der Waals surface area (Å²) >= 11 is 0. The molecule has 6 nitrogen and oxygen atoms in total. The fourth-order valence-corrected chi connectivity index (χ4v) is 1.90. The minimum atomic E-state index is -4.27. The first-order chi connectivity index (χ1) is 8.04. The van der Waals surface area contributed by atoms with Gasteiger partial charge in [-0.1, -0.05) is 0 Å². The maximum absolute atomic E-state index is 10.6. The van der Waals surface area contributed by atoms with Crippen LogP contribution in [0.1, 0.15) is 0 Å². The van der Waals surface area contributed by atoms with E-state index in [1.807, 2.05) is 0 Å². The van der Waals surface area contributed by atoms with Crippen LogP contribution in [0.4, 0.5) is 0 Å². The highest BCUT2D eigenvalue weighted by molar-refractivity contribution is 7.84. The number of pyridine rings is 1. The van der Waals surface area contributed by atoms with Gasteiger partial charge in [0.2, 0.25) is 5.88 Å². The lowest BCUT2D eigenvalue weighted by molar-refractivity contribution is -0.678. The predicted molar refractivity (Wildman–Crippen MR) is 57.4 cm³/mol. The van der Waals surface area contributed by atoms with Crippen LogP contribution in [0, 0.1) is 0 Å². The van der Waals surface area contributed by atoms with E-state index >= 15 is 0 Å². The topological polar surface area (TPSA) is 86.9 Å². The van der Waals surface area contributed by atoms with E-state index in [9.17, 15) is 13.0 Å². The molecule has 88 valence electrons. The summed E-state index contributed by atoms with van der Waals surface area (Å²) in [6.45, 7) is 0. The van der Waals surface area contributed by atoms with Gasteiger partial charge in [-0.2, -0.15) is 4.57 Å². The van der Waals surface area contributed by atoms with Crippen molar-refractivity contribution in [3.63, 3.8) is 0 Å². The predicted octanol–water partition coefficient (Wildman–Crippen LogP) is -0.0662. The Bertz CT molecular complexity index is 596. The van der Waals surface area contributed by atoms with Gasteiger partial charge in [-0.3, -0.25) is 0 Å². The van der Waals surface area contributed by atoms with Gasteiger partial charge in [0.15, 0.2) is 22.5 Å². The molecule has 0 amide bonds. The van der Waals surface area contributed by atoms with Crippen LogP contribution in [0.3, 0.4) is 0 Å². The zero-order chi connectivity index (χ0) is 12.3. The second-order valence-electron chi connectivity index (χ2n) is 3.38. The van der Waals surface area contributed by atoms with Gasteiger partial charge in [0, 0.05) is 23.9 Å². The Balaban J connectivity index is 2.25. The van der Waals surface area contributed by atoms with E-state index in [1.54, 1.807) is 24.4 Å². The van der Waals surface area contributed by atoms with Gasteiger partial charge in [-0.25, -0.2) is 18.4 Å². The van der Waals surface area contributed by atoms with E-state index in [1.165, 1.54) is 23.3 Å². The van der Waals surface area contributed by atoms with E-state index in [2.05, 4.69) is 9.97 Å². The van der Waals surface area contributed by atoms with Gasteiger partial charge in [0.05, 0.1) is 5.69 Å². The first kappa shape index (κ1) is 11.6. The van der Waals surface area contributed by atoms with Crippen LogP contribution in [0.5, 0.6) is 0 Å². The van der Waals surface area contributed by atoms with Crippen molar-refractivity contribution in [2.24, 2.45) is 0 Å². The molecule has 2 aromatic rings. The minimum absolute atomic E-state index is 0.572. The highest BCUT2D eigenvalue weighted by Crippen LogP contribution is 2.12. The maximum Gasteiger partial charge on any atom is 0.236 e. The van der Waals surface area contributed by atoms with E-state index in [-0.39, 0.29) is 0 Å². The van der Waals surface area contributed by atoms with Crippen LogP contribution in [0.25, 0.3) is 11.3 Å². The third-order valence-corrected chi connectivity index (χ3v) is 2.69. The Labute approximate surface area is 98.4 Å². The molecule has 0 N–H and O–H groups in total. The lowest BCUT2D eigenvalue weighted by Gasteiger charge is -2.03. The lowest BCUT2D eigenvalue weighted by atomic mass is 10.2. The average Bonchev–Trinajstić information content (AvgIpc) is 2.29. The van der Waals surface area contributed by atoms with Crippen molar-refractivity contribution in [3.8, 4) is 11.3 Å². The molecule has 2 aromatic heterocycles. The van der Waals surface area contributed by atoms with Crippen LogP contribution in [0.2, 0.25) is 0 Å². The summed E-state index contributed by atoms with van der Waals surface area (Å²) in [5.74, 6) is -0.572. The van der Waals surface area contributed by atoms with Crippen molar-refractivity contribution >= 4 is 10.1 Å². The second-order valence-corrected chi connectivity index (χ2v) is 4.76. The molecule has 0 saturated carbocycles. The van der Waals surface area contributed by atoms with Crippen molar-refractivity contribution in [1.82, 2.24) is 9.97 Å². The van der Waals surface area contributed by atoms with Crippen LogP contribution in [-0.4, -0.2) is 22.9 Å². The van der Waals surface area contributed by atoms with Crippen LogP contribution in [0.15, 0.2) is 43.1 Å². The summed E-state index contributed by atoms with van der Waals surface area (Å²) in [4.78, 5) is 7.85. The van der Waals surface area contributed by atoms with E-state index < -0.39 is 16.0 Å². The Morgan fingerprint density at radius 2 is 1.94 bits per heavy atom. The molecule has 0 saturated heterocycles. The summed E-state index contributed by atoms with van der Waals surface area (Å²) in [7, 11) is -4.27. The fourth-order valence-electron chi connectivity index (χ4n) is 1.36. The summed E-state index contributed by atoms with van der Waals surface area (Å²) in [6, 6.07) is 5.12. The Kier molecular flexibility index (Phi) is 3.12. The SMILES string of the molecule is O=S(=O)([O-])C[n+]1ccc(-c2ccncn2)cc1. The lowest BCUT2D eigenvalue weighted by Crippen LogP contribution is -2.36. The molecule has 7 heteroatoms. The maximum atomic E-state index is 10.6. The third-order valence-electron chi connectivity index (χ3n) is 2.08. The monoisotopic (exact) mass is 251 g/mol. The van der Waals surface area contributed by atoms with E-state index in [0.29, 0.717) is 0 Å². The van der Waals surface area contributed by atoms with Crippen molar-refractivity contribution in [2.45, 2.75) is 5.88 Å². The summed E-state index contributed by atoms with van der Waals surface area (Å²) < 4.78 is 33.0. The molecule has 0 radical (unpaired) electrons. The quantitative estimate of drug-likeness (QED) is 0.563.